The van der Waals surface area contributed by atoms with Crippen molar-refractivity contribution < 1.29 is 4.79 Å². The number of nitrogens with one attached hydrogen (secondary N) is 1. The molecule has 1 amide bonds. The van der Waals surface area contributed by atoms with Crippen LogP contribution in [0.1, 0.15) is 42.2 Å². The normalized spacial score (nSPS) is 11.6. The maximum absolute atomic E-state index is 12.4. The molecule has 0 radical (unpaired) electrons. The molecule has 0 fully saturated rings. The van der Waals surface area contributed by atoms with E-state index in [1.807, 2.05) is 37.3 Å². The first kappa shape index (κ1) is 19.2. The van der Waals surface area contributed by atoms with E-state index in [1.165, 1.54) is 0 Å². The van der Waals surface area contributed by atoms with E-state index in [2.05, 4.69) is 17.3 Å². The van der Waals surface area contributed by atoms with E-state index < -0.39 is 0 Å². The van der Waals surface area contributed by atoms with Crippen molar-refractivity contribution in [2.45, 2.75) is 39.2 Å². The van der Waals surface area contributed by atoms with Crippen LogP contribution in [-0.4, -0.2) is 28.3 Å². The summed E-state index contributed by atoms with van der Waals surface area (Å²) in [5.74, 6) is -0.105. The van der Waals surface area contributed by atoms with Crippen LogP contribution in [0, 0.1) is 6.92 Å². The molecule has 1 aromatic heterocycles. The number of aromatic nitrogens is 2. The molecule has 0 bridgehead atoms. The molecule has 2 rings (SSSR count). The van der Waals surface area contributed by atoms with Crippen LogP contribution in [0.4, 0.5) is 0 Å². The lowest BCUT2D eigenvalue weighted by molar-refractivity contribution is 0.0935. The summed E-state index contributed by atoms with van der Waals surface area (Å²) < 4.78 is 1.78. The third-order valence-electron chi connectivity index (χ3n) is 3.78. The fourth-order valence-corrected chi connectivity index (χ4v) is 2.42. The molecule has 1 atom stereocenters. The smallest absolute Gasteiger partial charge is 0.255 e. The van der Waals surface area contributed by atoms with E-state index in [0.717, 1.165) is 30.6 Å². The summed E-state index contributed by atoms with van der Waals surface area (Å²) in [7, 11) is 0. The number of amides is 1. The Bertz CT molecular complexity index is 612. The van der Waals surface area contributed by atoms with Gasteiger partial charge in [-0.05, 0) is 25.5 Å². The first-order valence-corrected chi connectivity index (χ1v) is 7.78. The number of nitrogens with zero attached hydrogens (tertiary/aromatic N) is 2. The predicted molar refractivity (Wildman–Crippen MR) is 95.4 cm³/mol. The minimum absolute atomic E-state index is 0. The van der Waals surface area contributed by atoms with Gasteiger partial charge in [0, 0.05) is 12.6 Å². The molecule has 3 N–H and O–H groups in total. The zero-order chi connectivity index (χ0) is 15.9. The summed E-state index contributed by atoms with van der Waals surface area (Å²) in [5.41, 5.74) is 8.11. The quantitative estimate of drug-likeness (QED) is 0.816. The van der Waals surface area contributed by atoms with Gasteiger partial charge in [-0.25, -0.2) is 4.68 Å². The van der Waals surface area contributed by atoms with Crippen molar-refractivity contribution >= 4 is 18.3 Å². The van der Waals surface area contributed by atoms with Crippen LogP contribution in [0.5, 0.6) is 0 Å². The highest BCUT2D eigenvalue weighted by Gasteiger charge is 2.17. The number of nitrogens with two attached hydrogens (primary N) is 1. The molecule has 0 aliphatic rings. The predicted octanol–water partition coefficient (Wildman–Crippen LogP) is 2.85. The molecule has 0 aliphatic carbocycles. The van der Waals surface area contributed by atoms with E-state index >= 15 is 0 Å². The average molecular weight is 337 g/mol. The number of hydrogen-bond acceptors (Lipinski definition) is 3. The van der Waals surface area contributed by atoms with Crippen molar-refractivity contribution in [1.29, 1.82) is 0 Å². The highest BCUT2D eigenvalue weighted by Crippen LogP contribution is 2.14. The van der Waals surface area contributed by atoms with Crippen molar-refractivity contribution in [3.8, 4) is 5.69 Å². The zero-order valence-electron chi connectivity index (χ0n) is 13.7. The number of halogens is 1. The summed E-state index contributed by atoms with van der Waals surface area (Å²) in [6, 6.07) is 9.80. The number of unbranched alkanes of at least 4 members (excludes halogenated alkanes) is 1. The van der Waals surface area contributed by atoms with Crippen LogP contribution in [0.25, 0.3) is 5.69 Å². The molecule has 2 aromatic rings. The number of para-hydroxylation sites is 1. The van der Waals surface area contributed by atoms with Crippen LogP contribution in [0.15, 0.2) is 36.5 Å². The highest BCUT2D eigenvalue weighted by molar-refractivity contribution is 5.95. The van der Waals surface area contributed by atoms with Gasteiger partial charge in [0.1, 0.15) is 0 Å². The van der Waals surface area contributed by atoms with Gasteiger partial charge in [0.2, 0.25) is 0 Å². The van der Waals surface area contributed by atoms with Gasteiger partial charge >= 0.3 is 0 Å². The van der Waals surface area contributed by atoms with E-state index in [9.17, 15) is 4.79 Å². The number of rotatable bonds is 7. The van der Waals surface area contributed by atoms with E-state index in [-0.39, 0.29) is 24.4 Å². The summed E-state index contributed by atoms with van der Waals surface area (Å²) >= 11 is 0. The average Bonchev–Trinajstić information content (AvgIpc) is 2.93. The van der Waals surface area contributed by atoms with E-state index in [1.54, 1.807) is 10.9 Å². The molecule has 0 saturated carbocycles. The van der Waals surface area contributed by atoms with Crippen molar-refractivity contribution in [3.05, 3.63) is 47.8 Å². The van der Waals surface area contributed by atoms with E-state index in [4.69, 9.17) is 5.73 Å². The number of carbonyl (C=O) groups is 1. The van der Waals surface area contributed by atoms with Crippen LogP contribution < -0.4 is 11.1 Å². The molecule has 5 nitrogen and oxygen atoms in total. The Morgan fingerprint density at radius 3 is 2.65 bits per heavy atom. The molecule has 6 heteroatoms. The van der Waals surface area contributed by atoms with Gasteiger partial charge in [-0.15, -0.1) is 12.4 Å². The number of carbonyl (C=O) groups excluding carboxylic acids is 1. The zero-order valence-corrected chi connectivity index (χ0v) is 14.5. The van der Waals surface area contributed by atoms with Crippen LogP contribution in [-0.2, 0) is 0 Å². The summed E-state index contributed by atoms with van der Waals surface area (Å²) in [5, 5.41) is 7.33. The fraction of sp³-hybridized carbons (Fsp3) is 0.412. The topological polar surface area (TPSA) is 72.9 Å². The Morgan fingerprint density at radius 1 is 1.35 bits per heavy atom. The molecule has 1 unspecified atom stereocenters. The first-order valence-electron chi connectivity index (χ1n) is 7.78. The van der Waals surface area contributed by atoms with Gasteiger partial charge in [0.05, 0.1) is 23.1 Å². The van der Waals surface area contributed by atoms with Gasteiger partial charge in [-0.2, -0.15) is 5.10 Å². The molecule has 23 heavy (non-hydrogen) atoms. The number of benzene rings is 1. The molecule has 0 saturated heterocycles. The fourth-order valence-electron chi connectivity index (χ4n) is 2.42. The van der Waals surface area contributed by atoms with Crippen molar-refractivity contribution in [3.63, 3.8) is 0 Å². The summed E-state index contributed by atoms with van der Waals surface area (Å²) in [6.45, 7) is 4.49. The SMILES string of the molecule is CCCCC(CN)NC(=O)c1cnn(-c2ccccc2)c1C.Cl. The standard InChI is InChI=1S/C17H24N4O.ClH/c1-3-4-8-14(11-18)20-17(22)16-12-19-21(13(16)2)15-9-6-5-7-10-15;/h5-7,9-10,12,14H,3-4,8,11,18H2,1-2H3,(H,20,22);1H. The Labute approximate surface area is 143 Å². The van der Waals surface area contributed by atoms with E-state index in [0.29, 0.717) is 12.1 Å². The largest absolute Gasteiger partial charge is 0.348 e. The second kappa shape index (κ2) is 9.33. The minimum Gasteiger partial charge on any atom is -0.348 e. The highest BCUT2D eigenvalue weighted by atomic mass is 35.5. The molecule has 0 aliphatic heterocycles. The maximum atomic E-state index is 12.4. The lowest BCUT2D eigenvalue weighted by atomic mass is 10.1. The van der Waals surface area contributed by atoms with Gasteiger partial charge in [0.25, 0.3) is 5.91 Å². The molecular weight excluding hydrogens is 312 g/mol. The van der Waals surface area contributed by atoms with Crippen LogP contribution in [0.2, 0.25) is 0 Å². The second-order valence-corrected chi connectivity index (χ2v) is 5.44. The monoisotopic (exact) mass is 336 g/mol. The lowest BCUT2D eigenvalue weighted by Crippen LogP contribution is -2.40. The van der Waals surface area contributed by atoms with Crippen molar-refractivity contribution in [1.82, 2.24) is 15.1 Å². The first-order chi connectivity index (χ1) is 10.7. The lowest BCUT2D eigenvalue weighted by Gasteiger charge is -2.16. The van der Waals surface area contributed by atoms with Gasteiger partial charge in [-0.1, -0.05) is 38.0 Å². The molecule has 126 valence electrons. The molecule has 1 aromatic carbocycles. The molecular formula is C17H25ClN4O. The Balaban J connectivity index is 0.00000264. The van der Waals surface area contributed by atoms with Gasteiger partial charge in [-0.3, -0.25) is 4.79 Å². The third-order valence-corrected chi connectivity index (χ3v) is 3.78. The van der Waals surface area contributed by atoms with Crippen molar-refractivity contribution in [2.24, 2.45) is 5.73 Å². The third kappa shape index (κ3) is 4.81. The summed E-state index contributed by atoms with van der Waals surface area (Å²) in [6.07, 6.45) is 4.68. The van der Waals surface area contributed by atoms with Crippen LogP contribution >= 0.6 is 12.4 Å². The minimum atomic E-state index is -0.105. The van der Waals surface area contributed by atoms with Gasteiger partial charge in [0.15, 0.2) is 0 Å². The van der Waals surface area contributed by atoms with Crippen LogP contribution in [0.3, 0.4) is 0 Å². The second-order valence-electron chi connectivity index (χ2n) is 5.44. The molecule has 1 heterocycles. The Morgan fingerprint density at radius 2 is 2.04 bits per heavy atom. The summed E-state index contributed by atoms with van der Waals surface area (Å²) in [4.78, 5) is 12.4. The Hall–Kier alpha value is -1.85. The molecule has 0 spiro atoms. The number of hydrogen-bond donors (Lipinski definition) is 2. The van der Waals surface area contributed by atoms with Gasteiger partial charge < -0.3 is 11.1 Å². The van der Waals surface area contributed by atoms with Crippen molar-refractivity contribution in [2.75, 3.05) is 6.54 Å². The maximum Gasteiger partial charge on any atom is 0.255 e. The Kier molecular flexibility index (Phi) is 7.78.